The average molecular weight is 335 g/mol. The second-order valence-corrected chi connectivity index (χ2v) is 8.10. The molecule has 0 aromatic carbocycles. The van der Waals surface area contributed by atoms with Crippen LogP contribution in [-0.4, -0.2) is 46.6 Å². The first-order valence-corrected chi connectivity index (χ1v) is 9.29. The zero-order valence-electron chi connectivity index (χ0n) is 12.6. The van der Waals surface area contributed by atoms with Crippen LogP contribution in [0.1, 0.15) is 26.5 Å². The molecule has 0 fully saturated rings. The third-order valence-corrected chi connectivity index (χ3v) is 4.50. The molecule has 1 heterocycles. The maximum absolute atomic E-state index is 11.4. The Kier molecular flexibility index (Phi) is 5.83. The summed E-state index contributed by atoms with van der Waals surface area (Å²) in [6.45, 7) is 5.90. The summed E-state index contributed by atoms with van der Waals surface area (Å²) in [5.41, 5.74) is 0.239. The number of aromatic nitrogens is 2. The van der Waals surface area contributed by atoms with Crippen LogP contribution >= 0.6 is 11.8 Å². The van der Waals surface area contributed by atoms with Crippen LogP contribution in [0.5, 0.6) is 0 Å². The van der Waals surface area contributed by atoms with Gasteiger partial charge in [-0.15, -0.1) is 0 Å². The molecule has 21 heavy (non-hydrogen) atoms. The zero-order chi connectivity index (χ0) is 16.3. The number of imidazole rings is 1. The predicted octanol–water partition coefficient (Wildman–Crippen LogP) is 0.950. The van der Waals surface area contributed by atoms with Gasteiger partial charge in [-0.3, -0.25) is 4.79 Å². The summed E-state index contributed by atoms with van der Waals surface area (Å²) >= 11 is 1.13. The van der Waals surface area contributed by atoms with Gasteiger partial charge in [-0.25, -0.2) is 18.1 Å². The summed E-state index contributed by atoms with van der Waals surface area (Å²) < 4.78 is 27.3. The highest BCUT2D eigenvalue weighted by molar-refractivity contribution is 7.99. The number of hydrogen-bond donors (Lipinski definition) is 2. The molecular weight excluding hydrogens is 314 g/mol. The van der Waals surface area contributed by atoms with E-state index < -0.39 is 21.5 Å². The Hall–Kier alpha value is -1.06. The second-order valence-electron chi connectivity index (χ2n) is 5.41. The molecule has 0 spiro atoms. The van der Waals surface area contributed by atoms with Gasteiger partial charge < -0.3 is 9.67 Å². The highest BCUT2D eigenvalue weighted by Gasteiger charge is 2.25. The van der Waals surface area contributed by atoms with E-state index in [0.29, 0.717) is 11.7 Å². The molecule has 0 aliphatic carbocycles. The molecule has 7 nitrogen and oxygen atoms in total. The van der Waals surface area contributed by atoms with Crippen molar-refractivity contribution in [3.8, 4) is 0 Å². The molecule has 9 heteroatoms. The number of aryl methyl sites for hydroxylation is 1. The van der Waals surface area contributed by atoms with Crippen LogP contribution < -0.4 is 4.72 Å². The molecule has 1 aromatic heterocycles. The standard InChI is InChI=1S/C12H21N3O4S2/c1-5-9-6-13-11(20-7-10(16)17)15(9)8-12(2,3)14-21(4,18)19/h6,14H,5,7-8H2,1-4H3,(H,16,17). The molecule has 0 aliphatic heterocycles. The van der Waals surface area contributed by atoms with Crippen LogP contribution in [0.3, 0.4) is 0 Å². The van der Waals surface area contributed by atoms with Crippen molar-refractivity contribution in [2.24, 2.45) is 0 Å². The monoisotopic (exact) mass is 335 g/mol. The molecule has 1 rings (SSSR count). The number of nitrogens with one attached hydrogen (secondary N) is 1. The van der Waals surface area contributed by atoms with Crippen LogP contribution in [0.25, 0.3) is 0 Å². The number of carbonyl (C=O) groups is 1. The molecule has 0 aliphatic rings. The minimum atomic E-state index is -3.33. The van der Waals surface area contributed by atoms with Gasteiger partial charge in [-0.2, -0.15) is 0 Å². The largest absolute Gasteiger partial charge is 0.481 e. The van der Waals surface area contributed by atoms with Crippen molar-refractivity contribution in [2.75, 3.05) is 12.0 Å². The van der Waals surface area contributed by atoms with Crippen molar-refractivity contribution in [3.05, 3.63) is 11.9 Å². The number of hydrogen-bond acceptors (Lipinski definition) is 5. The predicted molar refractivity (Wildman–Crippen MR) is 82.0 cm³/mol. The fourth-order valence-corrected chi connectivity index (χ4v) is 3.80. The lowest BCUT2D eigenvalue weighted by atomic mass is 10.1. The van der Waals surface area contributed by atoms with Crippen LogP contribution in [0, 0.1) is 0 Å². The lowest BCUT2D eigenvalue weighted by molar-refractivity contribution is -0.133. The van der Waals surface area contributed by atoms with Gasteiger partial charge in [0.15, 0.2) is 5.16 Å². The molecule has 0 saturated carbocycles. The Balaban J connectivity index is 2.99. The van der Waals surface area contributed by atoms with Crippen LogP contribution in [0.15, 0.2) is 11.4 Å². The Bertz CT molecular complexity index is 608. The second kappa shape index (κ2) is 6.80. The first kappa shape index (κ1) is 18.0. The van der Waals surface area contributed by atoms with Crippen LogP contribution in [0.2, 0.25) is 0 Å². The van der Waals surface area contributed by atoms with Crippen molar-refractivity contribution >= 4 is 27.8 Å². The number of nitrogens with zero attached hydrogens (tertiary/aromatic N) is 2. The quantitative estimate of drug-likeness (QED) is 0.686. The Morgan fingerprint density at radius 2 is 2.14 bits per heavy atom. The SMILES string of the molecule is CCc1cnc(SCC(=O)O)n1CC(C)(C)NS(C)(=O)=O. The van der Waals surface area contributed by atoms with Crippen molar-refractivity contribution < 1.29 is 18.3 Å². The molecule has 0 atom stereocenters. The highest BCUT2D eigenvalue weighted by atomic mass is 32.2. The van der Waals surface area contributed by atoms with Gasteiger partial charge in [-0.1, -0.05) is 18.7 Å². The highest BCUT2D eigenvalue weighted by Crippen LogP contribution is 2.22. The van der Waals surface area contributed by atoms with Gasteiger partial charge in [0.05, 0.1) is 12.0 Å². The maximum atomic E-state index is 11.4. The van der Waals surface area contributed by atoms with Crippen LogP contribution in [-0.2, 0) is 27.8 Å². The van der Waals surface area contributed by atoms with Gasteiger partial charge in [0, 0.05) is 24.0 Å². The average Bonchev–Trinajstić information content (AvgIpc) is 2.64. The molecular formula is C12H21N3O4S2. The first-order chi connectivity index (χ1) is 9.54. The Morgan fingerprint density at radius 1 is 1.52 bits per heavy atom. The summed E-state index contributed by atoms with van der Waals surface area (Å²) in [4.78, 5) is 14.9. The normalized spacial score (nSPS) is 12.6. The molecule has 2 N–H and O–H groups in total. The molecule has 0 radical (unpaired) electrons. The number of carboxylic acid groups (broad SMARTS) is 1. The van der Waals surface area contributed by atoms with E-state index in [1.54, 1.807) is 20.0 Å². The van der Waals surface area contributed by atoms with E-state index in [4.69, 9.17) is 5.11 Å². The van der Waals surface area contributed by atoms with Crippen molar-refractivity contribution in [1.82, 2.24) is 14.3 Å². The fraction of sp³-hybridized carbons (Fsp3) is 0.667. The topological polar surface area (TPSA) is 101 Å². The number of thioether (sulfide) groups is 1. The number of aliphatic carboxylic acids is 1. The van der Waals surface area contributed by atoms with E-state index in [-0.39, 0.29) is 5.75 Å². The van der Waals surface area contributed by atoms with Crippen molar-refractivity contribution in [3.63, 3.8) is 0 Å². The van der Waals surface area contributed by atoms with Gasteiger partial charge >= 0.3 is 5.97 Å². The van der Waals surface area contributed by atoms with Gasteiger partial charge in [0.2, 0.25) is 10.0 Å². The van der Waals surface area contributed by atoms with Crippen molar-refractivity contribution in [2.45, 2.75) is 44.4 Å². The summed E-state index contributed by atoms with van der Waals surface area (Å²) in [5, 5.41) is 9.35. The molecule has 0 unspecified atom stereocenters. The van der Waals surface area contributed by atoms with Gasteiger partial charge in [0.1, 0.15) is 0 Å². The fourth-order valence-electron chi connectivity index (χ4n) is 2.01. The van der Waals surface area contributed by atoms with E-state index in [1.807, 2.05) is 11.5 Å². The minimum Gasteiger partial charge on any atom is -0.481 e. The van der Waals surface area contributed by atoms with E-state index in [9.17, 15) is 13.2 Å². The Morgan fingerprint density at radius 3 is 2.62 bits per heavy atom. The third kappa shape index (κ3) is 6.06. The van der Waals surface area contributed by atoms with E-state index in [0.717, 1.165) is 30.1 Å². The molecule has 0 saturated heterocycles. The van der Waals surface area contributed by atoms with E-state index >= 15 is 0 Å². The molecule has 1 aromatic rings. The minimum absolute atomic E-state index is 0.0832. The number of rotatable bonds is 8. The smallest absolute Gasteiger partial charge is 0.313 e. The lowest BCUT2D eigenvalue weighted by Gasteiger charge is -2.27. The van der Waals surface area contributed by atoms with Gasteiger partial charge in [0.25, 0.3) is 0 Å². The summed E-state index contributed by atoms with van der Waals surface area (Å²) in [5.74, 6) is -0.999. The maximum Gasteiger partial charge on any atom is 0.313 e. The molecule has 120 valence electrons. The van der Waals surface area contributed by atoms with Crippen molar-refractivity contribution in [1.29, 1.82) is 0 Å². The van der Waals surface area contributed by atoms with E-state index in [2.05, 4.69) is 9.71 Å². The summed E-state index contributed by atoms with van der Waals surface area (Å²) in [6, 6.07) is 0. The molecule has 0 amide bonds. The third-order valence-electron chi connectivity index (χ3n) is 2.60. The Labute approximate surface area is 129 Å². The number of sulfonamides is 1. The van der Waals surface area contributed by atoms with E-state index in [1.165, 1.54) is 0 Å². The van der Waals surface area contributed by atoms with Gasteiger partial charge in [-0.05, 0) is 20.3 Å². The zero-order valence-corrected chi connectivity index (χ0v) is 14.2. The lowest BCUT2D eigenvalue weighted by Crippen LogP contribution is -2.46. The first-order valence-electron chi connectivity index (χ1n) is 6.42. The number of carboxylic acids is 1. The summed E-state index contributed by atoms with van der Waals surface area (Å²) in [7, 11) is -3.33. The summed E-state index contributed by atoms with van der Waals surface area (Å²) in [6.07, 6.45) is 3.54. The molecule has 0 bridgehead atoms. The van der Waals surface area contributed by atoms with Crippen LogP contribution in [0.4, 0.5) is 0 Å².